The molecule has 0 radical (unpaired) electrons. The molecule has 0 heterocycles. The Kier molecular flexibility index (Phi) is 1.28. The van der Waals surface area contributed by atoms with Gasteiger partial charge in [-0.3, -0.25) is 0 Å². The molecule has 1 N–H and O–H groups in total. The molecule has 0 amide bonds. The van der Waals surface area contributed by atoms with E-state index in [-0.39, 0.29) is 5.05 Å². The van der Waals surface area contributed by atoms with Crippen LogP contribution in [-0.4, -0.2) is 10.2 Å². The minimum atomic E-state index is 0.214. The molecule has 1 fully saturated rings. The van der Waals surface area contributed by atoms with Crippen molar-refractivity contribution in [1.82, 2.24) is 0 Å². The van der Waals surface area contributed by atoms with Gasteiger partial charge in [-0.25, -0.2) is 0 Å². The van der Waals surface area contributed by atoms with Crippen LogP contribution in [0.5, 0.6) is 0 Å². The predicted molar refractivity (Wildman–Crippen MR) is 32.6 cm³/mol. The van der Waals surface area contributed by atoms with Crippen LogP contribution in [0.15, 0.2) is 0 Å². The van der Waals surface area contributed by atoms with Crippen molar-refractivity contribution in [1.29, 1.82) is 0 Å². The normalized spacial score (nSPS) is 21.1. The molecule has 0 saturated heterocycles. The van der Waals surface area contributed by atoms with Crippen molar-refractivity contribution in [3.63, 3.8) is 0 Å². The van der Waals surface area contributed by atoms with Gasteiger partial charge in [0, 0.05) is 5.92 Å². The van der Waals surface area contributed by atoms with E-state index < -0.39 is 0 Å². The maximum absolute atomic E-state index is 8.60. The van der Waals surface area contributed by atoms with E-state index in [1.807, 2.05) is 0 Å². The Labute approximate surface area is 48.3 Å². The van der Waals surface area contributed by atoms with Crippen molar-refractivity contribution in [2.24, 2.45) is 5.92 Å². The number of hydrogen-bond donors (Lipinski definition) is 1. The summed E-state index contributed by atoms with van der Waals surface area (Å²) in [7, 11) is 0. The van der Waals surface area contributed by atoms with Gasteiger partial charge in [-0.05, 0) is 25.1 Å². The Bertz CT molecular complexity index is 86.1. The van der Waals surface area contributed by atoms with E-state index in [1.165, 1.54) is 6.42 Å². The second kappa shape index (κ2) is 1.78. The molecule has 0 spiro atoms. The van der Waals surface area contributed by atoms with Crippen LogP contribution in [0.2, 0.25) is 0 Å². The molecule has 1 aliphatic rings. The van der Waals surface area contributed by atoms with Gasteiger partial charge in [-0.2, -0.15) is 0 Å². The summed E-state index contributed by atoms with van der Waals surface area (Å²) in [4.78, 5) is 0. The van der Waals surface area contributed by atoms with E-state index in [0.717, 1.165) is 12.8 Å². The zero-order valence-electron chi connectivity index (χ0n) is 4.05. The van der Waals surface area contributed by atoms with Crippen molar-refractivity contribution in [2.75, 3.05) is 0 Å². The second-order valence-electron chi connectivity index (χ2n) is 1.97. The Morgan fingerprint density at radius 1 is 1.57 bits per heavy atom. The zero-order chi connectivity index (χ0) is 5.28. The van der Waals surface area contributed by atoms with Crippen molar-refractivity contribution in [2.45, 2.75) is 19.3 Å². The maximum Gasteiger partial charge on any atom is 0.159 e. The Morgan fingerprint density at radius 3 is 2.14 bits per heavy atom. The monoisotopic (exact) mass is 116 g/mol. The van der Waals surface area contributed by atoms with Crippen LogP contribution in [0.4, 0.5) is 0 Å². The van der Waals surface area contributed by atoms with Crippen LogP contribution in [0, 0.1) is 5.92 Å². The van der Waals surface area contributed by atoms with Crippen LogP contribution < -0.4 is 0 Å². The third-order valence-electron chi connectivity index (χ3n) is 1.45. The molecule has 2 heteroatoms. The van der Waals surface area contributed by atoms with Crippen molar-refractivity contribution < 1.29 is 5.11 Å². The minimum absolute atomic E-state index is 0.214. The summed E-state index contributed by atoms with van der Waals surface area (Å²) >= 11 is 4.52. The van der Waals surface area contributed by atoms with E-state index in [4.69, 9.17) is 5.11 Å². The number of aliphatic hydroxyl groups is 1. The van der Waals surface area contributed by atoms with Gasteiger partial charge in [0.2, 0.25) is 0 Å². The summed E-state index contributed by atoms with van der Waals surface area (Å²) in [5, 5.41) is 8.82. The Balaban J connectivity index is 2.27. The first-order valence-corrected chi connectivity index (χ1v) is 2.94. The minimum Gasteiger partial charge on any atom is -0.502 e. The lowest BCUT2D eigenvalue weighted by Gasteiger charge is -2.21. The lowest BCUT2D eigenvalue weighted by Crippen LogP contribution is -2.19. The molecular formula is C5H8OS. The lowest BCUT2D eigenvalue weighted by atomic mass is 9.86. The van der Waals surface area contributed by atoms with E-state index >= 15 is 0 Å². The molecule has 40 valence electrons. The second-order valence-corrected chi connectivity index (χ2v) is 2.38. The third kappa shape index (κ3) is 0.911. The molecule has 0 aromatic carbocycles. The van der Waals surface area contributed by atoms with Gasteiger partial charge in [0.15, 0.2) is 5.05 Å². The highest BCUT2D eigenvalue weighted by molar-refractivity contribution is 7.80. The third-order valence-corrected chi connectivity index (χ3v) is 1.79. The highest BCUT2D eigenvalue weighted by Crippen LogP contribution is 2.26. The molecule has 1 rings (SSSR count). The molecule has 0 unspecified atom stereocenters. The van der Waals surface area contributed by atoms with Crippen molar-refractivity contribution in [3.05, 3.63) is 0 Å². The number of aliphatic hydroxyl groups excluding tert-OH is 1. The fourth-order valence-corrected chi connectivity index (χ4v) is 0.891. The van der Waals surface area contributed by atoms with Crippen LogP contribution in [0.3, 0.4) is 0 Å². The summed E-state index contributed by atoms with van der Waals surface area (Å²) in [5.74, 6) is 0.370. The van der Waals surface area contributed by atoms with Crippen molar-refractivity contribution >= 4 is 17.3 Å². The molecule has 1 nitrogen and oxygen atoms in total. The van der Waals surface area contributed by atoms with Crippen LogP contribution >= 0.6 is 12.2 Å². The number of hydrogen-bond acceptors (Lipinski definition) is 1. The van der Waals surface area contributed by atoms with E-state index in [9.17, 15) is 0 Å². The predicted octanol–water partition coefficient (Wildman–Crippen LogP) is 1.67. The van der Waals surface area contributed by atoms with Gasteiger partial charge in [-0.15, -0.1) is 0 Å². The largest absolute Gasteiger partial charge is 0.502 e. The number of thiocarbonyl (C=S) groups is 1. The van der Waals surface area contributed by atoms with Crippen LogP contribution in [-0.2, 0) is 0 Å². The van der Waals surface area contributed by atoms with Crippen molar-refractivity contribution in [3.8, 4) is 0 Å². The van der Waals surface area contributed by atoms with Crippen LogP contribution in [0.25, 0.3) is 0 Å². The summed E-state index contributed by atoms with van der Waals surface area (Å²) in [6.45, 7) is 0. The Morgan fingerprint density at radius 2 is 2.14 bits per heavy atom. The molecule has 0 aromatic heterocycles. The molecule has 0 bridgehead atoms. The fourth-order valence-electron chi connectivity index (χ4n) is 0.655. The van der Waals surface area contributed by atoms with Gasteiger partial charge in [0.05, 0.1) is 0 Å². The van der Waals surface area contributed by atoms with E-state index in [2.05, 4.69) is 12.2 Å². The first kappa shape index (κ1) is 5.04. The Hall–Kier alpha value is -0.110. The summed E-state index contributed by atoms with van der Waals surface area (Å²) in [6.07, 6.45) is 3.45. The molecule has 0 aliphatic heterocycles. The summed E-state index contributed by atoms with van der Waals surface area (Å²) < 4.78 is 0. The lowest BCUT2D eigenvalue weighted by molar-refractivity contribution is 0.363. The molecular weight excluding hydrogens is 108 g/mol. The SMILES string of the molecule is OC(=S)C1CCC1. The molecule has 7 heavy (non-hydrogen) atoms. The highest BCUT2D eigenvalue weighted by atomic mass is 32.1. The fraction of sp³-hybridized carbons (Fsp3) is 0.800. The average molecular weight is 116 g/mol. The van der Waals surface area contributed by atoms with Gasteiger partial charge in [0.25, 0.3) is 0 Å². The number of rotatable bonds is 1. The standard InChI is InChI=1S/C5H8OS/c6-5(7)4-2-1-3-4/h4H,1-3H2,(H,6,7). The van der Waals surface area contributed by atoms with Gasteiger partial charge in [0.1, 0.15) is 0 Å². The first-order chi connectivity index (χ1) is 3.30. The quantitative estimate of drug-likeness (QED) is 0.526. The average Bonchev–Trinajstić information content (AvgIpc) is 1.23. The van der Waals surface area contributed by atoms with E-state index in [0.29, 0.717) is 5.92 Å². The van der Waals surface area contributed by atoms with Gasteiger partial charge >= 0.3 is 0 Å². The molecule has 1 aliphatic carbocycles. The highest BCUT2D eigenvalue weighted by Gasteiger charge is 2.20. The summed E-state index contributed by atoms with van der Waals surface area (Å²) in [5.41, 5.74) is 0. The van der Waals surface area contributed by atoms with E-state index in [1.54, 1.807) is 0 Å². The summed E-state index contributed by atoms with van der Waals surface area (Å²) in [6, 6.07) is 0. The van der Waals surface area contributed by atoms with Gasteiger partial charge < -0.3 is 5.11 Å². The van der Waals surface area contributed by atoms with Crippen LogP contribution in [0.1, 0.15) is 19.3 Å². The topological polar surface area (TPSA) is 20.2 Å². The zero-order valence-corrected chi connectivity index (χ0v) is 4.87. The first-order valence-electron chi connectivity index (χ1n) is 2.53. The molecule has 0 atom stereocenters. The van der Waals surface area contributed by atoms with Gasteiger partial charge in [-0.1, -0.05) is 6.42 Å². The smallest absolute Gasteiger partial charge is 0.159 e. The molecule has 0 aromatic rings. The molecule has 1 saturated carbocycles. The maximum atomic E-state index is 8.60.